The van der Waals surface area contributed by atoms with Gasteiger partial charge in [0, 0.05) is 24.7 Å². The lowest BCUT2D eigenvalue weighted by molar-refractivity contribution is -0.134. The Bertz CT molecular complexity index is 819. The molecule has 5 heteroatoms. The van der Waals surface area contributed by atoms with Crippen molar-refractivity contribution in [3.05, 3.63) is 42.2 Å². The van der Waals surface area contributed by atoms with Gasteiger partial charge in [-0.3, -0.25) is 14.6 Å². The molecular formula is C20H23N3O2. The van der Waals surface area contributed by atoms with Gasteiger partial charge in [0.25, 0.3) is 5.91 Å². The van der Waals surface area contributed by atoms with Gasteiger partial charge in [-0.2, -0.15) is 0 Å². The van der Waals surface area contributed by atoms with Gasteiger partial charge in [-0.1, -0.05) is 24.3 Å². The van der Waals surface area contributed by atoms with E-state index in [9.17, 15) is 9.59 Å². The van der Waals surface area contributed by atoms with Crippen molar-refractivity contribution in [2.45, 2.75) is 38.6 Å². The number of fused-ring (bicyclic) bond motifs is 1. The average Bonchev–Trinajstić information content (AvgIpc) is 3.40. The lowest BCUT2D eigenvalue weighted by atomic mass is 9.93. The van der Waals surface area contributed by atoms with Crippen molar-refractivity contribution in [3.63, 3.8) is 0 Å². The molecule has 0 bridgehead atoms. The number of carbonyl (C=O) groups excluding carboxylic acids is 2. The summed E-state index contributed by atoms with van der Waals surface area (Å²) in [6.45, 7) is 3.38. The first-order valence-corrected chi connectivity index (χ1v) is 9.01. The second kappa shape index (κ2) is 6.14. The number of hydrogen-bond donors (Lipinski definition) is 1. The number of aromatic nitrogens is 1. The SMILES string of the molecule is CC(NC(=O)c1cc2ccccc2cn1)C(=O)N1CCC2(CC1)CC2. The van der Waals surface area contributed by atoms with E-state index in [0.717, 1.165) is 36.7 Å². The topological polar surface area (TPSA) is 62.3 Å². The van der Waals surface area contributed by atoms with E-state index in [0.29, 0.717) is 11.1 Å². The number of piperidine rings is 1. The number of benzene rings is 1. The monoisotopic (exact) mass is 337 g/mol. The molecule has 2 heterocycles. The average molecular weight is 337 g/mol. The maximum Gasteiger partial charge on any atom is 0.270 e. The van der Waals surface area contributed by atoms with Crippen molar-refractivity contribution >= 4 is 22.6 Å². The number of nitrogens with zero attached hydrogens (tertiary/aromatic N) is 2. The first-order valence-electron chi connectivity index (χ1n) is 9.01. The Morgan fingerprint density at radius 1 is 1.12 bits per heavy atom. The van der Waals surface area contributed by atoms with Gasteiger partial charge in [0.05, 0.1) is 0 Å². The molecule has 1 saturated carbocycles. The van der Waals surface area contributed by atoms with Crippen LogP contribution in [0.15, 0.2) is 36.5 Å². The molecule has 130 valence electrons. The Morgan fingerprint density at radius 2 is 1.80 bits per heavy atom. The maximum absolute atomic E-state index is 12.6. The summed E-state index contributed by atoms with van der Waals surface area (Å²) in [6.07, 6.45) is 6.53. The zero-order valence-corrected chi connectivity index (χ0v) is 14.5. The molecule has 1 saturated heterocycles. The fraction of sp³-hybridized carbons (Fsp3) is 0.450. The van der Waals surface area contributed by atoms with Gasteiger partial charge in [-0.25, -0.2) is 0 Å². The third-order valence-electron chi connectivity index (χ3n) is 5.67. The number of nitrogens with one attached hydrogen (secondary N) is 1. The normalized spacial score (nSPS) is 19.6. The lowest BCUT2D eigenvalue weighted by Crippen LogP contribution is -2.49. The number of hydrogen-bond acceptors (Lipinski definition) is 3. The van der Waals surface area contributed by atoms with E-state index in [4.69, 9.17) is 0 Å². The summed E-state index contributed by atoms with van der Waals surface area (Å²) in [5, 5.41) is 4.76. The van der Waals surface area contributed by atoms with Crippen molar-refractivity contribution in [1.29, 1.82) is 0 Å². The van der Waals surface area contributed by atoms with E-state index in [-0.39, 0.29) is 11.8 Å². The highest BCUT2D eigenvalue weighted by Gasteiger charge is 2.45. The minimum atomic E-state index is -0.533. The summed E-state index contributed by atoms with van der Waals surface area (Å²) in [4.78, 5) is 31.2. The van der Waals surface area contributed by atoms with Crippen molar-refractivity contribution < 1.29 is 9.59 Å². The van der Waals surface area contributed by atoms with Gasteiger partial charge in [0.15, 0.2) is 0 Å². The molecule has 1 N–H and O–H groups in total. The van der Waals surface area contributed by atoms with Crippen LogP contribution in [-0.2, 0) is 4.79 Å². The molecule has 0 radical (unpaired) electrons. The van der Waals surface area contributed by atoms with E-state index in [1.54, 1.807) is 19.2 Å². The third-order valence-corrected chi connectivity index (χ3v) is 5.67. The molecular weight excluding hydrogens is 314 g/mol. The molecule has 2 aliphatic rings. The highest BCUT2D eigenvalue weighted by Crippen LogP contribution is 2.53. The minimum Gasteiger partial charge on any atom is -0.341 e. The predicted octanol–water partition coefficient (Wildman–Crippen LogP) is 2.76. The van der Waals surface area contributed by atoms with Crippen LogP contribution in [0.5, 0.6) is 0 Å². The molecule has 1 unspecified atom stereocenters. The molecule has 25 heavy (non-hydrogen) atoms. The van der Waals surface area contributed by atoms with Gasteiger partial charge < -0.3 is 10.2 Å². The quantitative estimate of drug-likeness (QED) is 0.937. The zero-order valence-electron chi connectivity index (χ0n) is 14.5. The number of likely N-dealkylation sites (tertiary alicyclic amines) is 1. The van der Waals surface area contributed by atoms with Crippen LogP contribution in [0.3, 0.4) is 0 Å². The van der Waals surface area contributed by atoms with Gasteiger partial charge in [0.2, 0.25) is 5.91 Å². The highest BCUT2D eigenvalue weighted by molar-refractivity contribution is 5.98. The number of carbonyl (C=O) groups is 2. The highest BCUT2D eigenvalue weighted by atomic mass is 16.2. The molecule has 1 aliphatic carbocycles. The summed E-state index contributed by atoms with van der Waals surface area (Å²) >= 11 is 0. The van der Waals surface area contributed by atoms with Crippen LogP contribution >= 0.6 is 0 Å². The van der Waals surface area contributed by atoms with Crippen LogP contribution in [0, 0.1) is 5.41 Å². The molecule has 2 fully saturated rings. The third kappa shape index (κ3) is 3.23. The fourth-order valence-corrected chi connectivity index (χ4v) is 3.69. The Hall–Kier alpha value is -2.43. The van der Waals surface area contributed by atoms with Gasteiger partial charge >= 0.3 is 0 Å². The summed E-state index contributed by atoms with van der Waals surface area (Å²) in [5.74, 6) is -0.299. The Morgan fingerprint density at radius 3 is 2.48 bits per heavy atom. The molecule has 2 amide bonds. The van der Waals surface area contributed by atoms with Crippen molar-refractivity contribution in [1.82, 2.24) is 15.2 Å². The molecule has 2 aromatic rings. The van der Waals surface area contributed by atoms with Crippen molar-refractivity contribution in [2.75, 3.05) is 13.1 Å². The Labute approximate surface area is 147 Å². The molecule has 1 atom stereocenters. The van der Waals surface area contributed by atoms with Crippen LogP contribution in [0.4, 0.5) is 0 Å². The molecule has 4 rings (SSSR count). The van der Waals surface area contributed by atoms with Gasteiger partial charge in [-0.05, 0) is 49.5 Å². The Balaban J connectivity index is 1.39. The van der Waals surface area contributed by atoms with E-state index < -0.39 is 6.04 Å². The second-order valence-electron chi connectivity index (χ2n) is 7.44. The van der Waals surface area contributed by atoms with E-state index in [1.165, 1.54) is 12.8 Å². The van der Waals surface area contributed by atoms with Gasteiger partial charge in [-0.15, -0.1) is 0 Å². The first-order chi connectivity index (χ1) is 12.1. The van der Waals surface area contributed by atoms with E-state index >= 15 is 0 Å². The van der Waals surface area contributed by atoms with Crippen LogP contribution in [0.1, 0.15) is 43.1 Å². The van der Waals surface area contributed by atoms with Gasteiger partial charge in [0.1, 0.15) is 11.7 Å². The smallest absolute Gasteiger partial charge is 0.270 e. The molecule has 1 aromatic heterocycles. The zero-order chi connectivity index (χ0) is 17.4. The summed E-state index contributed by atoms with van der Waals surface area (Å²) < 4.78 is 0. The Kier molecular flexibility index (Phi) is 3.94. The fourth-order valence-electron chi connectivity index (χ4n) is 3.69. The summed E-state index contributed by atoms with van der Waals surface area (Å²) in [7, 11) is 0. The van der Waals surface area contributed by atoms with E-state index in [2.05, 4.69) is 10.3 Å². The van der Waals surface area contributed by atoms with Crippen molar-refractivity contribution in [2.24, 2.45) is 5.41 Å². The van der Waals surface area contributed by atoms with Crippen LogP contribution in [0.2, 0.25) is 0 Å². The molecule has 5 nitrogen and oxygen atoms in total. The standard InChI is InChI=1S/C20H23N3O2/c1-14(19(25)23-10-8-20(6-7-20)9-11-23)22-18(24)17-12-15-4-2-3-5-16(15)13-21-17/h2-5,12-14H,6-11H2,1H3,(H,22,24). The number of pyridine rings is 1. The lowest BCUT2D eigenvalue weighted by Gasteiger charge is -2.33. The van der Waals surface area contributed by atoms with Crippen LogP contribution in [-0.4, -0.2) is 40.8 Å². The summed E-state index contributed by atoms with van der Waals surface area (Å²) in [6, 6.07) is 9.01. The molecule has 1 aliphatic heterocycles. The molecule has 1 aromatic carbocycles. The summed E-state index contributed by atoms with van der Waals surface area (Å²) in [5.41, 5.74) is 0.882. The maximum atomic E-state index is 12.6. The second-order valence-corrected chi connectivity index (χ2v) is 7.44. The first kappa shape index (κ1) is 16.1. The number of amides is 2. The predicted molar refractivity (Wildman–Crippen MR) is 96.2 cm³/mol. The minimum absolute atomic E-state index is 0.00430. The molecule has 1 spiro atoms. The van der Waals surface area contributed by atoms with E-state index in [1.807, 2.05) is 29.2 Å². The van der Waals surface area contributed by atoms with Crippen molar-refractivity contribution in [3.8, 4) is 0 Å². The largest absolute Gasteiger partial charge is 0.341 e. The number of rotatable bonds is 3. The van der Waals surface area contributed by atoms with Crippen LogP contribution < -0.4 is 5.32 Å². The van der Waals surface area contributed by atoms with Crippen LogP contribution in [0.25, 0.3) is 10.8 Å².